The summed E-state index contributed by atoms with van der Waals surface area (Å²) in [4.78, 5) is 9.31. The molecule has 0 aromatic heterocycles. The molecule has 2 aliphatic rings. The van der Waals surface area contributed by atoms with Crippen molar-refractivity contribution in [1.29, 1.82) is 10.5 Å². The Morgan fingerprint density at radius 1 is 0.721 bits per heavy atom. The summed E-state index contributed by atoms with van der Waals surface area (Å²) in [6.45, 7) is 22.5. The number of nitrogens with zero attached hydrogens (tertiary/aromatic N) is 5. The molecule has 3 aromatic carbocycles. The quantitative estimate of drug-likeness (QED) is 0.103. The summed E-state index contributed by atoms with van der Waals surface area (Å²) >= 11 is 0. The first-order chi connectivity index (χ1) is 20.4. The maximum Gasteiger partial charge on any atom is 0.573 e. The molecule has 0 spiro atoms. The van der Waals surface area contributed by atoms with Crippen molar-refractivity contribution in [3.63, 3.8) is 0 Å². The van der Waals surface area contributed by atoms with Crippen molar-refractivity contribution in [3.05, 3.63) is 133 Å². The summed E-state index contributed by atoms with van der Waals surface area (Å²) in [5.74, 6) is -9.49. The lowest BCUT2D eigenvalue weighted by Crippen LogP contribution is -2.20. The minimum Gasteiger partial charge on any atom is -0.399 e. The molecule has 0 unspecified atom stereocenters. The second kappa shape index (κ2) is 9.93. The van der Waals surface area contributed by atoms with Crippen LogP contribution in [0.5, 0.6) is 5.75 Å². The summed E-state index contributed by atoms with van der Waals surface area (Å²) in [7, 11) is 0. The first-order valence-corrected chi connectivity index (χ1v) is 11.5. The molecule has 206 valence electrons. The molecule has 3 aromatic rings. The Labute approximate surface area is 237 Å². The van der Waals surface area contributed by atoms with Crippen LogP contribution in [0.1, 0.15) is 27.8 Å². The van der Waals surface area contributed by atoms with Crippen LogP contribution >= 0.6 is 0 Å². The molecule has 0 radical (unpaired) electrons. The lowest BCUT2D eigenvalue weighted by Gasteiger charge is -2.16. The van der Waals surface area contributed by atoms with Gasteiger partial charge in [0.05, 0.1) is 31.9 Å². The number of hydrogen-bond acceptors (Lipinski definition) is 3. The van der Waals surface area contributed by atoms with Gasteiger partial charge in [0, 0.05) is 16.7 Å². The molecule has 0 saturated heterocycles. The van der Waals surface area contributed by atoms with Crippen LogP contribution in [-0.4, -0.2) is 6.36 Å². The van der Waals surface area contributed by atoms with E-state index < -0.39 is 74.7 Å². The van der Waals surface area contributed by atoms with Crippen molar-refractivity contribution in [1.82, 2.24) is 0 Å². The number of allylic oxidation sites excluding steroid dienone is 4. The third-order valence-corrected chi connectivity index (χ3v) is 6.61. The number of nitriles is 2. The van der Waals surface area contributed by atoms with Crippen LogP contribution in [0.2, 0.25) is 0 Å². The van der Waals surface area contributed by atoms with Gasteiger partial charge >= 0.3 is 6.36 Å². The molecule has 0 fully saturated rings. The fraction of sp³-hybridized carbons (Fsp3) is 0.0333. The highest BCUT2D eigenvalue weighted by Crippen LogP contribution is 2.55. The number of rotatable bonds is 2. The van der Waals surface area contributed by atoms with Crippen LogP contribution in [0.3, 0.4) is 0 Å². The second-order valence-electron chi connectivity index (χ2n) is 8.75. The Morgan fingerprint density at radius 3 is 1.86 bits per heavy atom. The van der Waals surface area contributed by atoms with E-state index in [2.05, 4.69) is 19.3 Å². The van der Waals surface area contributed by atoms with Crippen LogP contribution < -0.4 is 4.74 Å². The SMILES string of the molecule is [C-]#[N+]C1=C(c2ccc3c(c2)/C(=C(\C#N)[N+]#[C-])c2cc(F)ccc2-3)/C(=C(/C#N)[N+]#[C-])c2c(F)c(OC(F)(F)F)c(F)c(F)c21. The first kappa shape index (κ1) is 28.2. The van der Waals surface area contributed by atoms with Gasteiger partial charge in [0.2, 0.25) is 17.3 Å². The Morgan fingerprint density at radius 2 is 1.30 bits per heavy atom. The van der Waals surface area contributed by atoms with Gasteiger partial charge in [0.1, 0.15) is 5.82 Å². The Bertz CT molecular complexity index is 2110. The molecule has 0 aliphatic heterocycles. The monoisotopic (exact) mass is 585 g/mol. The predicted molar refractivity (Wildman–Crippen MR) is 136 cm³/mol. The van der Waals surface area contributed by atoms with Crippen molar-refractivity contribution in [2.45, 2.75) is 6.36 Å². The van der Waals surface area contributed by atoms with E-state index in [9.17, 15) is 32.5 Å². The lowest BCUT2D eigenvalue weighted by molar-refractivity contribution is -0.276. The Balaban J connectivity index is 1.89. The van der Waals surface area contributed by atoms with Gasteiger partial charge in [-0.15, -0.1) is 13.2 Å². The second-order valence-corrected chi connectivity index (χ2v) is 8.75. The molecule has 43 heavy (non-hydrogen) atoms. The largest absolute Gasteiger partial charge is 0.573 e. The minimum atomic E-state index is -5.67. The maximum absolute atomic E-state index is 15.6. The Hall–Kier alpha value is -6.36. The summed E-state index contributed by atoms with van der Waals surface area (Å²) in [6, 6.07) is 10.7. The zero-order valence-corrected chi connectivity index (χ0v) is 20.8. The van der Waals surface area contributed by atoms with Crippen molar-refractivity contribution in [2.75, 3.05) is 0 Å². The highest BCUT2D eigenvalue weighted by Gasteiger charge is 2.43. The number of benzene rings is 3. The summed E-state index contributed by atoms with van der Waals surface area (Å²) in [6.07, 6.45) is -5.67. The molecular formula is C30H6F7N5O. The number of ether oxygens (including phenoxy) is 1. The third kappa shape index (κ3) is 4.15. The predicted octanol–water partition coefficient (Wildman–Crippen LogP) is 8.28. The van der Waals surface area contributed by atoms with Gasteiger partial charge in [-0.05, 0) is 57.2 Å². The van der Waals surface area contributed by atoms with Gasteiger partial charge < -0.3 is 4.74 Å². The highest BCUT2D eigenvalue weighted by atomic mass is 19.4. The zero-order chi connectivity index (χ0) is 31.4. The van der Waals surface area contributed by atoms with E-state index in [4.69, 9.17) is 19.7 Å². The van der Waals surface area contributed by atoms with Gasteiger partial charge in [-0.25, -0.2) is 38.2 Å². The smallest absolute Gasteiger partial charge is 0.399 e. The maximum atomic E-state index is 15.6. The number of alkyl halides is 3. The molecule has 0 heterocycles. The average molecular weight is 585 g/mol. The molecule has 5 rings (SSSR count). The molecule has 6 nitrogen and oxygen atoms in total. The molecule has 0 saturated carbocycles. The molecule has 2 aliphatic carbocycles. The first-order valence-electron chi connectivity index (χ1n) is 11.5. The van der Waals surface area contributed by atoms with E-state index in [1.54, 1.807) is 6.07 Å². The molecule has 0 amide bonds. The highest BCUT2D eigenvalue weighted by molar-refractivity contribution is 6.24. The lowest BCUT2D eigenvalue weighted by atomic mass is 9.91. The van der Waals surface area contributed by atoms with Crippen LogP contribution in [0.15, 0.2) is 47.8 Å². The van der Waals surface area contributed by atoms with Crippen LogP contribution in [0.4, 0.5) is 30.7 Å². The van der Waals surface area contributed by atoms with Gasteiger partial charge in [-0.3, -0.25) is 0 Å². The molecule has 0 bridgehead atoms. The van der Waals surface area contributed by atoms with Crippen molar-refractivity contribution in [2.24, 2.45) is 0 Å². The van der Waals surface area contributed by atoms with Crippen LogP contribution in [-0.2, 0) is 0 Å². The van der Waals surface area contributed by atoms with E-state index in [0.29, 0.717) is 11.1 Å². The summed E-state index contributed by atoms with van der Waals surface area (Å²) < 4.78 is 102. The zero-order valence-electron chi connectivity index (χ0n) is 20.8. The van der Waals surface area contributed by atoms with Gasteiger partial charge in [0.25, 0.3) is 11.4 Å². The normalized spacial score (nSPS) is 15.2. The molecule has 0 atom stereocenters. The van der Waals surface area contributed by atoms with E-state index in [0.717, 1.165) is 12.1 Å². The van der Waals surface area contributed by atoms with Crippen molar-refractivity contribution < 1.29 is 35.5 Å². The van der Waals surface area contributed by atoms with E-state index in [1.165, 1.54) is 30.3 Å². The van der Waals surface area contributed by atoms with E-state index >= 15 is 8.78 Å². The van der Waals surface area contributed by atoms with Crippen molar-refractivity contribution in [3.8, 4) is 29.0 Å². The molecule has 0 N–H and O–H groups in total. The van der Waals surface area contributed by atoms with Gasteiger partial charge in [-0.2, -0.15) is 4.39 Å². The number of halogens is 7. The van der Waals surface area contributed by atoms with Crippen molar-refractivity contribution >= 4 is 22.4 Å². The fourth-order valence-electron chi connectivity index (χ4n) is 5.07. The average Bonchev–Trinajstić information content (AvgIpc) is 3.48. The third-order valence-electron chi connectivity index (χ3n) is 6.61. The fourth-order valence-corrected chi connectivity index (χ4v) is 5.07. The molecule has 13 heteroatoms. The van der Waals surface area contributed by atoms with Crippen LogP contribution in [0.25, 0.3) is 48.1 Å². The number of fused-ring (bicyclic) bond motifs is 4. The minimum absolute atomic E-state index is 0.0233. The van der Waals surface area contributed by atoms with Crippen LogP contribution in [0, 0.1) is 65.6 Å². The topological polar surface area (TPSA) is 69.9 Å². The van der Waals surface area contributed by atoms with Gasteiger partial charge in [-0.1, -0.05) is 18.2 Å². The van der Waals surface area contributed by atoms with Gasteiger partial charge in [0.15, 0.2) is 11.6 Å². The van der Waals surface area contributed by atoms with E-state index in [1.807, 2.05) is 0 Å². The summed E-state index contributed by atoms with van der Waals surface area (Å²) in [5, 5.41) is 19.3. The van der Waals surface area contributed by atoms with E-state index in [-0.39, 0.29) is 22.3 Å². The summed E-state index contributed by atoms with van der Waals surface area (Å²) in [5.41, 5.74) is -4.98. The molecular weight excluding hydrogens is 579 g/mol. The Kier molecular flexibility index (Phi) is 6.50. The standard InChI is InChI=1S/C30H6F7N5O/c1-40-18(10-38)21-16-8-12(4-6-14(16)15-7-5-13(31)9-17(15)21)20-22(19(11-39)41-2)23-24(28(20)42-3)25(32)27(34)29(26(23)33)43-30(35,36)37/h4-9H/b21-18-,22-19+. The number of hydrogen-bond donors (Lipinski definition) is 0.